The van der Waals surface area contributed by atoms with Crippen molar-refractivity contribution in [3.63, 3.8) is 0 Å². The van der Waals surface area contributed by atoms with E-state index in [9.17, 15) is 0 Å². The highest BCUT2D eigenvalue weighted by Gasteiger charge is 2.28. The summed E-state index contributed by atoms with van der Waals surface area (Å²) in [5.74, 6) is 0. The zero-order valence-electron chi connectivity index (χ0n) is 13.1. The van der Waals surface area contributed by atoms with Gasteiger partial charge in [0, 0.05) is 16.5 Å². The van der Waals surface area contributed by atoms with Gasteiger partial charge >= 0.3 is 0 Å². The van der Waals surface area contributed by atoms with Crippen molar-refractivity contribution in [1.82, 2.24) is 0 Å². The second-order valence-corrected chi connectivity index (χ2v) is 4.79. The standard InChI is InChI=1S/C13H26O2/c1-9-15-13(6,7)11(3)10(2)12(4,5)14-8/h9H2,1-8H3/b11-10-/i1D2. The Balaban J connectivity index is 4.99. The fraction of sp³-hybridized carbons (Fsp3) is 0.846. The maximum absolute atomic E-state index is 7.17. The first kappa shape index (κ1) is 11.2. The highest BCUT2D eigenvalue weighted by Crippen LogP contribution is 2.30. The molecule has 0 bridgehead atoms. The minimum Gasteiger partial charge on any atom is -0.374 e. The van der Waals surface area contributed by atoms with Crippen molar-refractivity contribution >= 4 is 0 Å². The van der Waals surface area contributed by atoms with E-state index in [1.54, 1.807) is 7.11 Å². The van der Waals surface area contributed by atoms with Crippen molar-refractivity contribution in [3.8, 4) is 0 Å². The second kappa shape index (κ2) is 5.13. The molecule has 0 unspecified atom stereocenters. The van der Waals surface area contributed by atoms with Crippen LogP contribution in [-0.4, -0.2) is 24.9 Å². The largest absolute Gasteiger partial charge is 0.374 e. The van der Waals surface area contributed by atoms with Gasteiger partial charge in [-0.3, -0.25) is 0 Å². The van der Waals surface area contributed by atoms with E-state index in [2.05, 4.69) is 0 Å². The van der Waals surface area contributed by atoms with E-state index in [1.807, 2.05) is 41.5 Å². The molecule has 0 fully saturated rings. The van der Waals surface area contributed by atoms with Gasteiger partial charge in [0.05, 0.1) is 11.2 Å². The molecule has 0 heterocycles. The number of ether oxygens (including phenoxy) is 2. The van der Waals surface area contributed by atoms with Crippen LogP contribution >= 0.6 is 0 Å². The Morgan fingerprint density at radius 1 is 1.07 bits per heavy atom. The second-order valence-electron chi connectivity index (χ2n) is 4.79. The van der Waals surface area contributed by atoms with E-state index in [4.69, 9.17) is 12.2 Å². The van der Waals surface area contributed by atoms with Gasteiger partial charge in [-0.05, 0) is 59.6 Å². The molecule has 0 rings (SSSR count). The van der Waals surface area contributed by atoms with Crippen LogP contribution in [0.4, 0.5) is 0 Å². The fourth-order valence-corrected chi connectivity index (χ4v) is 1.37. The zero-order valence-corrected chi connectivity index (χ0v) is 11.1. The zero-order chi connectivity index (χ0) is 13.9. The molecule has 0 aromatic carbocycles. The Labute approximate surface area is 97.5 Å². The molecule has 0 aromatic rings. The van der Waals surface area contributed by atoms with Crippen molar-refractivity contribution in [3.05, 3.63) is 11.1 Å². The van der Waals surface area contributed by atoms with Crippen LogP contribution in [0.2, 0.25) is 0 Å². The molecular weight excluding hydrogens is 188 g/mol. The quantitative estimate of drug-likeness (QED) is 0.654. The monoisotopic (exact) mass is 216 g/mol. The average molecular weight is 216 g/mol. The van der Waals surface area contributed by atoms with Crippen LogP contribution in [0, 0.1) is 0 Å². The van der Waals surface area contributed by atoms with Gasteiger partial charge in [0.15, 0.2) is 0 Å². The summed E-state index contributed by atoms with van der Waals surface area (Å²) in [5.41, 5.74) is 1.41. The van der Waals surface area contributed by atoms with E-state index < -0.39 is 12.5 Å². The lowest BCUT2D eigenvalue weighted by Gasteiger charge is -2.33. The Hall–Kier alpha value is -0.340. The van der Waals surface area contributed by atoms with Crippen LogP contribution in [0.15, 0.2) is 11.1 Å². The van der Waals surface area contributed by atoms with Crippen LogP contribution in [0.5, 0.6) is 0 Å². The summed E-state index contributed by atoms with van der Waals surface area (Å²) in [6.07, 6.45) is 0. The van der Waals surface area contributed by atoms with Crippen LogP contribution < -0.4 is 0 Å². The Kier molecular flexibility index (Phi) is 3.81. The summed E-state index contributed by atoms with van der Waals surface area (Å²) in [5, 5.41) is 0. The molecule has 15 heavy (non-hydrogen) atoms. The molecule has 0 aliphatic carbocycles. The predicted molar refractivity (Wildman–Crippen MR) is 65.2 cm³/mol. The Bertz CT molecular complexity index is 281. The van der Waals surface area contributed by atoms with Gasteiger partial charge in [0.1, 0.15) is 0 Å². The van der Waals surface area contributed by atoms with Crippen LogP contribution in [0.3, 0.4) is 0 Å². The lowest BCUT2D eigenvalue weighted by molar-refractivity contribution is 0.0110. The lowest BCUT2D eigenvalue weighted by atomic mass is 9.87. The van der Waals surface area contributed by atoms with Crippen LogP contribution in [0.1, 0.15) is 51.2 Å². The third-order valence-electron chi connectivity index (χ3n) is 3.32. The molecule has 0 saturated carbocycles. The number of hydrogen-bond donors (Lipinski definition) is 0. The topological polar surface area (TPSA) is 18.5 Å². The van der Waals surface area contributed by atoms with Gasteiger partial charge in [0.2, 0.25) is 0 Å². The average Bonchev–Trinajstić information content (AvgIpc) is 2.24. The fourth-order valence-electron chi connectivity index (χ4n) is 1.37. The molecule has 0 N–H and O–H groups in total. The smallest absolute Gasteiger partial charge is 0.0836 e. The molecule has 0 aromatic heterocycles. The van der Waals surface area contributed by atoms with Crippen molar-refractivity contribution in [1.29, 1.82) is 0 Å². The van der Waals surface area contributed by atoms with E-state index >= 15 is 0 Å². The molecule has 0 atom stereocenters. The molecular formula is C13H26O2. The van der Waals surface area contributed by atoms with E-state index in [0.717, 1.165) is 11.1 Å². The third kappa shape index (κ3) is 3.62. The summed E-state index contributed by atoms with van der Waals surface area (Å²) < 4.78 is 25.4. The molecule has 0 amide bonds. The van der Waals surface area contributed by atoms with Crippen molar-refractivity contribution < 1.29 is 12.2 Å². The summed E-state index contributed by atoms with van der Waals surface area (Å²) in [7, 11) is 1.69. The van der Waals surface area contributed by atoms with Crippen LogP contribution in [0.25, 0.3) is 0 Å². The summed E-state index contributed by atoms with van der Waals surface area (Å²) in [6, 6.07) is 0. The molecule has 90 valence electrons. The number of rotatable bonds is 5. The normalized spacial score (nSPS) is 17.3. The summed E-state index contributed by atoms with van der Waals surface area (Å²) in [6.45, 7) is 11.2. The van der Waals surface area contributed by atoms with Crippen molar-refractivity contribution in [2.24, 2.45) is 0 Å². The molecule has 0 saturated heterocycles. The molecule has 2 nitrogen and oxygen atoms in total. The molecule has 0 spiro atoms. The first-order valence-electron chi connectivity index (χ1n) is 6.42. The minimum absolute atomic E-state index is 0.116. The predicted octanol–water partition coefficient (Wildman–Crippen LogP) is 3.56. The maximum atomic E-state index is 7.17. The summed E-state index contributed by atoms with van der Waals surface area (Å²) in [4.78, 5) is 0. The lowest BCUT2D eigenvalue weighted by Crippen LogP contribution is -2.32. The van der Waals surface area contributed by atoms with E-state index in [-0.39, 0.29) is 12.2 Å². The van der Waals surface area contributed by atoms with Crippen molar-refractivity contribution in [2.45, 2.75) is 59.6 Å². The Morgan fingerprint density at radius 3 is 1.93 bits per heavy atom. The molecule has 2 heteroatoms. The highest BCUT2D eigenvalue weighted by molar-refractivity contribution is 5.25. The first-order valence-corrected chi connectivity index (χ1v) is 5.26. The van der Waals surface area contributed by atoms with Gasteiger partial charge in [-0.15, -0.1) is 0 Å². The number of hydrogen-bond acceptors (Lipinski definition) is 2. The SMILES string of the molecule is [2H]C([2H])COC(C)(C)/C(C)=C(/C)C(C)(C)OC. The van der Waals surface area contributed by atoms with Crippen LogP contribution in [-0.2, 0) is 9.47 Å². The maximum Gasteiger partial charge on any atom is 0.0836 e. The van der Waals surface area contributed by atoms with Crippen molar-refractivity contribution in [2.75, 3.05) is 13.7 Å². The molecule has 0 aliphatic rings. The van der Waals surface area contributed by atoms with Gasteiger partial charge in [-0.25, -0.2) is 0 Å². The van der Waals surface area contributed by atoms with Gasteiger partial charge in [0.25, 0.3) is 0 Å². The molecule has 0 aliphatic heterocycles. The van der Waals surface area contributed by atoms with Gasteiger partial charge < -0.3 is 9.47 Å². The summed E-state index contributed by atoms with van der Waals surface area (Å²) >= 11 is 0. The number of methoxy groups -OCH3 is 1. The third-order valence-corrected chi connectivity index (χ3v) is 3.32. The van der Waals surface area contributed by atoms with E-state index in [0.29, 0.717) is 0 Å². The Morgan fingerprint density at radius 2 is 1.53 bits per heavy atom. The van der Waals surface area contributed by atoms with E-state index in [1.165, 1.54) is 0 Å². The highest BCUT2D eigenvalue weighted by atomic mass is 16.5. The van der Waals surface area contributed by atoms with Gasteiger partial charge in [-0.2, -0.15) is 0 Å². The minimum atomic E-state index is -0.946. The molecule has 0 radical (unpaired) electrons. The van der Waals surface area contributed by atoms with Gasteiger partial charge in [-0.1, -0.05) is 0 Å². The first-order chi connectivity index (χ1) is 7.54.